The first-order chi connectivity index (χ1) is 8.13. The molecule has 0 radical (unpaired) electrons. The molecular formula is C11H8Cl3N3. The van der Waals surface area contributed by atoms with Crippen LogP contribution in [0.1, 0.15) is 12.8 Å². The second-order valence-electron chi connectivity index (χ2n) is 4.04. The van der Waals surface area contributed by atoms with Gasteiger partial charge in [-0.2, -0.15) is 0 Å². The van der Waals surface area contributed by atoms with E-state index >= 15 is 0 Å². The summed E-state index contributed by atoms with van der Waals surface area (Å²) in [5, 5.41) is 5.34. The van der Waals surface area contributed by atoms with Crippen LogP contribution in [0, 0.1) is 0 Å². The minimum Gasteiger partial charge on any atom is -0.367 e. The van der Waals surface area contributed by atoms with Crippen molar-refractivity contribution in [2.75, 3.05) is 5.32 Å². The van der Waals surface area contributed by atoms with Crippen LogP contribution >= 0.6 is 34.8 Å². The third-order valence-electron chi connectivity index (χ3n) is 2.61. The van der Waals surface area contributed by atoms with Gasteiger partial charge in [-0.15, -0.1) is 0 Å². The normalized spacial score (nSPS) is 15.2. The first-order valence-electron chi connectivity index (χ1n) is 5.22. The predicted octanol–water partition coefficient (Wildman–Crippen LogP) is 4.16. The van der Waals surface area contributed by atoms with Gasteiger partial charge < -0.3 is 5.32 Å². The smallest absolute Gasteiger partial charge is 0.224 e. The Morgan fingerprint density at radius 3 is 2.59 bits per heavy atom. The van der Waals surface area contributed by atoms with Gasteiger partial charge >= 0.3 is 0 Å². The Morgan fingerprint density at radius 1 is 1.12 bits per heavy atom. The molecule has 1 aliphatic carbocycles. The molecule has 0 spiro atoms. The van der Waals surface area contributed by atoms with Gasteiger partial charge in [0, 0.05) is 16.5 Å². The first kappa shape index (κ1) is 11.3. The Balaban J connectivity index is 2.24. The molecule has 2 aromatic rings. The number of nitrogens with one attached hydrogen (secondary N) is 1. The van der Waals surface area contributed by atoms with Crippen molar-refractivity contribution in [1.82, 2.24) is 9.97 Å². The molecule has 1 aliphatic rings. The molecule has 1 heterocycles. The highest BCUT2D eigenvalue weighted by Crippen LogP contribution is 2.33. The Labute approximate surface area is 113 Å². The molecule has 3 nitrogen and oxygen atoms in total. The molecule has 1 aromatic carbocycles. The summed E-state index contributed by atoms with van der Waals surface area (Å²) in [5.74, 6) is 0.701. The van der Waals surface area contributed by atoms with Crippen LogP contribution in [0.4, 0.5) is 5.82 Å². The number of aromatic nitrogens is 2. The Kier molecular flexibility index (Phi) is 2.77. The van der Waals surface area contributed by atoms with Crippen LogP contribution in [0.15, 0.2) is 12.1 Å². The first-order valence-corrected chi connectivity index (χ1v) is 6.36. The molecule has 17 heavy (non-hydrogen) atoms. The summed E-state index contributed by atoms with van der Waals surface area (Å²) < 4.78 is 0. The molecule has 88 valence electrons. The second-order valence-corrected chi connectivity index (χ2v) is 5.23. The second kappa shape index (κ2) is 4.16. The van der Waals surface area contributed by atoms with Gasteiger partial charge in [-0.05, 0) is 36.6 Å². The van der Waals surface area contributed by atoms with Gasteiger partial charge in [0.25, 0.3) is 0 Å². The lowest BCUT2D eigenvalue weighted by Crippen LogP contribution is -2.04. The van der Waals surface area contributed by atoms with Gasteiger partial charge in [0.1, 0.15) is 5.82 Å². The molecule has 0 unspecified atom stereocenters. The zero-order chi connectivity index (χ0) is 12.0. The third-order valence-corrected chi connectivity index (χ3v) is 3.28. The van der Waals surface area contributed by atoms with Gasteiger partial charge in [0.2, 0.25) is 5.28 Å². The fourth-order valence-corrected chi connectivity index (χ4v) is 2.37. The van der Waals surface area contributed by atoms with E-state index in [9.17, 15) is 0 Å². The lowest BCUT2D eigenvalue weighted by molar-refractivity contribution is 1.10. The summed E-state index contributed by atoms with van der Waals surface area (Å²) >= 11 is 18.0. The summed E-state index contributed by atoms with van der Waals surface area (Å²) in [6.45, 7) is 0. The largest absolute Gasteiger partial charge is 0.367 e. The van der Waals surface area contributed by atoms with Crippen LogP contribution in [0.3, 0.4) is 0 Å². The lowest BCUT2D eigenvalue weighted by Gasteiger charge is -2.09. The molecule has 0 saturated heterocycles. The zero-order valence-electron chi connectivity index (χ0n) is 8.67. The van der Waals surface area contributed by atoms with Crippen molar-refractivity contribution in [1.29, 1.82) is 0 Å². The molecule has 0 amide bonds. The van der Waals surface area contributed by atoms with E-state index in [1.807, 2.05) is 0 Å². The maximum absolute atomic E-state index is 6.10. The van der Waals surface area contributed by atoms with Crippen LogP contribution in [-0.2, 0) is 0 Å². The average molecular weight is 289 g/mol. The summed E-state index contributed by atoms with van der Waals surface area (Å²) in [4.78, 5) is 8.32. The van der Waals surface area contributed by atoms with Crippen molar-refractivity contribution in [2.45, 2.75) is 18.9 Å². The summed E-state index contributed by atoms with van der Waals surface area (Å²) in [7, 11) is 0. The molecule has 1 fully saturated rings. The van der Waals surface area contributed by atoms with Gasteiger partial charge in [-0.3, -0.25) is 0 Å². The van der Waals surface area contributed by atoms with E-state index in [-0.39, 0.29) is 5.28 Å². The zero-order valence-corrected chi connectivity index (χ0v) is 10.9. The van der Waals surface area contributed by atoms with Crippen LogP contribution in [0.2, 0.25) is 15.3 Å². The molecule has 0 atom stereocenters. The van der Waals surface area contributed by atoms with Crippen molar-refractivity contribution in [3.63, 3.8) is 0 Å². The number of nitrogens with zero attached hydrogens (tertiary/aromatic N) is 2. The molecule has 1 N–H and O–H groups in total. The van der Waals surface area contributed by atoms with Crippen molar-refractivity contribution in [2.24, 2.45) is 0 Å². The maximum Gasteiger partial charge on any atom is 0.224 e. The van der Waals surface area contributed by atoms with E-state index in [2.05, 4.69) is 15.3 Å². The highest BCUT2D eigenvalue weighted by molar-refractivity contribution is 6.39. The SMILES string of the molecule is Clc1cc(Cl)c2nc(Cl)nc(NC3CC3)c2c1. The van der Waals surface area contributed by atoms with Crippen LogP contribution in [0.25, 0.3) is 10.9 Å². The highest BCUT2D eigenvalue weighted by atomic mass is 35.5. The summed E-state index contributed by atoms with van der Waals surface area (Å²) in [6.07, 6.45) is 2.30. The minimum atomic E-state index is 0.185. The number of hydrogen-bond donors (Lipinski definition) is 1. The number of fused-ring (bicyclic) bond motifs is 1. The quantitative estimate of drug-likeness (QED) is 0.843. The standard InChI is InChI=1S/C11H8Cl3N3/c12-5-3-7-9(8(13)4-5)16-11(14)17-10(7)15-6-1-2-6/h3-4,6H,1-2H2,(H,15,16,17). The lowest BCUT2D eigenvalue weighted by atomic mass is 10.2. The summed E-state index contributed by atoms with van der Waals surface area (Å²) in [6, 6.07) is 3.92. The van der Waals surface area contributed by atoms with Gasteiger partial charge in [-0.25, -0.2) is 9.97 Å². The van der Waals surface area contributed by atoms with Gasteiger partial charge in [0.05, 0.1) is 10.5 Å². The Hall–Kier alpha value is -0.770. The molecule has 1 saturated carbocycles. The van der Waals surface area contributed by atoms with Crippen LogP contribution < -0.4 is 5.32 Å². The minimum absolute atomic E-state index is 0.185. The maximum atomic E-state index is 6.10. The number of hydrogen-bond acceptors (Lipinski definition) is 3. The van der Waals surface area contributed by atoms with Crippen LogP contribution in [0.5, 0.6) is 0 Å². The molecule has 1 aromatic heterocycles. The number of rotatable bonds is 2. The average Bonchev–Trinajstić information content (AvgIpc) is 3.04. The fraction of sp³-hybridized carbons (Fsp3) is 0.273. The van der Waals surface area contributed by atoms with Crippen molar-refractivity contribution in [3.8, 4) is 0 Å². The van der Waals surface area contributed by atoms with E-state index in [4.69, 9.17) is 34.8 Å². The number of halogens is 3. The molecule has 6 heteroatoms. The molecular weight excluding hydrogens is 281 g/mol. The third kappa shape index (κ3) is 2.28. The van der Waals surface area contributed by atoms with Crippen molar-refractivity contribution >= 4 is 51.5 Å². The van der Waals surface area contributed by atoms with E-state index < -0.39 is 0 Å². The highest BCUT2D eigenvalue weighted by Gasteiger charge is 2.23. The van der Waals surface area contributed by atoms with Crippen molar-refractivity contribution in [3.05, 3.63) is 27.5 Å². The predicted molar refractivity (Wildman–Crippen MR) is 71.2 cm³/mol. The topological polar surface area (TPSA) is 37.8 Å². The number of benzene rings is 1. The van der Waals surface area contributed by atoms with E-state index in [0.29, 0.717) is 27.4 Å². The molecule has 0 aliphatic heterocycles. The monoisotopic (exact) mass is 287 g/mol. The Morgan fingerprint density at radius 2 is 1.88 bits per heavy atom. The van der Waals surface area contributed by atoms with E-state index in [1.165, 1.54) is 0 Å². The van der Waals surface area contributed by atoms with E-state index in [1.54, 1.807) is 12.1 Å². The van der Waals surface area contributed by atoms with Gasteiger partial charge in [-0.1, -0.05) is 23.2 Å². The Bertz CT molecular complexity index is 596. The number of anilines is 1. The summed E-state index contributed by atoms with van der Waals surface area (Å²) in [5.41, 5.74) is 0.624. The van der Waals surface area contributed by atoms with Crippen LogP contribution in [-0.4, -0.2) is 16.0 Å². The van der Waals surface area contributed by atoms with E-state index in [0.717, 1.165) is 18.2 Å². The van der Waals surface area contributed by atoms with Gasteiger partial charge in [0.15, 0.2) is 0 Å². The van der Waals surface area contributed by atoms with Crippen molar-refractivity contribution < 1.29 is 0 Å². The molecule has 3 rings (SSSR count). The fourth-order valence-electron chi connectivity index (χ4n) is 1.66. The molecule has 0 bridgehead atoms.